The van der Waals surface area contributed by atoms with Gasteiger partial charge in [-0.15, -0.1) is 0 Å². The summed E-state index contributed by atoms with van der Waals surface area (Å²) in [5.74, 6) is 0.601. The molecule has 0 radical (unpaired) electrons. The second-order valence-corrected chi connectivity index (χ2v) is 5.60. The molecule has 1 aromatic carbocycles. The molecule has 2 aromatic rings. The minimum absolute atomic E-state index is 0.151. The van der Waals surface area contributed by atoms with Gasteiger partial charge >= 0.3 is 6.09 Å². The summed E-state index contributed by atoms with van der Waals surface area (Å²) in [5.41, 5.74) is 1.01. The van der Waals surface area contributed by atoms with Crippen LogP contribution in [0.2, 0.25) is 0 Å². The summed E-state index contributed by atoms with van der Waals surface area (Å²) < 4.78 is 10.7. The predicted molar refractivity (Wildman–Crippen MR) is 82.8 cm³/mol. The van der Waals surface area contributed by atoms with E-state index in [1.54, 1.807) is 31.1 Å². The first-order chi connectivity index (χ1) is 11.1. The number of hydrogen-bond donors (Lipinski definition) is 0. The highest BCUT2D eigenvalue weighted by molar-refractivity contribution is 5.91. The summed E-state index contributed by atoms with van der Waals surface area (Å²) in [7, 11) is 3.32. The summed E-state index contributed by atoms with van der Waals surface area (Å²) in [6.45, 7) is 0.576. The normalized spacial score (nSPS) is 17.2. The van der Waals surface area contributed by atoms with Crippen LogP contribution in [0.1, 0.15) is 27.9 Å². The van der Waals surface area contributed by atoms with Crippen LogP contribution in [0.4, 0.5) is 4.79 Å². The van der Waals surface area contributed by atoms with E-state index in [4.69, 9.17) is 9.15 Å². The summed E-state index contributed by atoms with van der Waals surface area (Å²) in [6.07, 6.45) is -0.379. The van der Waals surface area contributed by atoms with Gasteiger partial charge in [-0.05, 0) is 17.7 Å². The van der Waals surface area contributed by atoms with Gasteiger partial charge in [-0.2, -0.15) is 0 Å². The fourth-order valence-corrected chi connectivity index (χ4v) is 2.54. The van der Waals surface area contributed by atoms with Crippen LogP contribution >= 0.6 is 0 Å². The molecule has 0 bridgehead atoms. The fourth-order valence-electron chi connectivity index (χ4n) is 2.54. The largest absolute Gasteiger partial charge is 0.454 e. The molecule has 1 atom stereocenters. The van der Waals surface area contributed by atoms with Crippen molar-refractivity contribution in [2.75, 3.05) is 20.7 Å². The first-order valence-corrected chi connectivity index (χ1v) is 7.35. The van der Waals surface area contributed by atoms with Crippen molar-refractivity contribution in [1.82, 2.24) is 9.80 Å². The van der Waals surface area contributed by atoms with Gasteiger partial charge in [0, 0.05) is 14.1 Å². The van der Waals surface area contributed by atoms with Crippen molar-refractivity contribution in [3.63, 3.8) is 0 Å². The Bertz CT molecular complexity index is 708. The first kappa shape index (κ1) is 15.1. The molecule has 1 saturated heterocycles. The third-order valence-electron chi connectivity index (χ3n) is 3.76. The zero-order chi connectivity index (χ0) is 16.4. The van der Waals surface area contributed by atoms with Crippen LogP contribution < -0.4 is 0 Å². The fraction of sp³-hybridized carbons (Fsp3) is 0.294. The van der Waals surface area contributed by atoms with Gasteiger partial charge in [0.15, 0.2) is 5.76 Å². The van der Waals surface area contributed by atoms with Crippen molar-refractivity contribution in [3.05, 3.63) is 59.5 Å². The maximum atomic E-state index is 12.0. The molecule has 1 fully saturated rings. The standard InChI is InChI=1S/C17H18N2O4/c1-18(2)16(20)15-9-8-13(23-15)10-19-14(11-22-17(19)21)12-6-4-3-5-7-12/h3-9,14H,10-11H2,1-2H3/t14-/m1/s1. The van der Waals surface area contributed by atoms with E-state index >= 15 is 0 Å². The lowest BCUT2D eigenvalue weighted by Gasteiger charge is -2.20. The predicted octanol–water partition coefficient (Wildman–Crippen LogP) is 2.67. The lowest BCUT2D eigenvalue weighted by molar-refractivity contribution is 0.0793. The molecule has 6 heteroatoms. The molecule has 0 spiro atoms. The maximum absolute atomic E-state index is 12.0. The first-order valence-electron chi connectivity index (χ1n) is 7.35. The number of nitrogens with zero attached hydrogens (tertiary/aromatic N) is 2. The van der Waals surface area contributed by atoms with Crippen molar-refractivity contribution in [1.29, 1.82) is 0 Å². The van der Waals surface area contributed by atoms with Crippen molar-refractivity contribution in [3.8, 4) is 0 Å². The van der Waals surface area contributed by atoms with Crippen LogP contribution in [0.3, 0.4) is 0 Å². The Hall–Kier alpha value is -2.76. The highest BCUT2D eigenvalue weighted by atomic mass is 16.6. The Kier molecular flexibility index (Phi) is 4.06. The van der Waals surface area contributed by atoms with Gasteiger partial charge in [0.2, 0.25) is 0 Å². The van der Waals surface area contributed by atoms with Crippen LogP contribution in [0.25, 0.3) is 0 Å². The van der Waals surface area contributed by atoms with Crippen molar-refractivity contribution < 1.29 is 18.7 Å². The Morgan fingerprint density at radius 1 is 1.22 bits per heavy atom. The van der Waals surface area contributed by atoms with E-state index < -0.39 is 0 Å². The Labute approximate surface area is 134 Å². The van der Waals surface area contributed by atoms with E-state index in [1.807, 2.05) is 30.3 Å². The minimum Gasteiger partial charge on any atom is -0.454 e. The Balaban J connectivity index is 1.78. The highest BCUT2D eigenvalue weighted by Gasteiger charge is 2.34. The van der Waals surface area contributed by atoms with E-state index in [0.717, 1.165) is 5.56 Å². The third kappa shape index (κ3) is 3.06. The Morgan fingerprint density at radius 2 is 1.96 bits per heavy atom. The summed E-state index contributed by atoms with van der Waals surface area (Å²) in [4.78, 5) is 26.9. The number of hydrogen-bond acceptors (Lipinski definition) is 4. The highest BCUT2D eigenvalue weighted by Crippen LogP contribution is 2.29. The second kappa shape index (κ2) is 6.16. The molecule has 23 heavy (non-hydrogen) atoms. The van der Waals surface area contributed by atoms with Gasteiger partial charge in [-0.1, -0.05) is 30.3 Å². The number of carbonyl (C=O) groups is 2. The maximum Gasteiger partial charge on any atom is 0.410 e. The molecule has 2 heterocycles. The smallest absolute Gasteiger partial charge is 0.410 e. The quantitative estimate of drug-likeness (QED) is 0.870. The van der Waals surface area contributed by atoms with Gasteiger partial charge in [-0.25, -0.2) is 4.79 Å². The summed E-state index contributed by atoms with van der Waals surface area (Å²) >= 11 is 0. The second-order valence-electron chi connectivity index (χ2n) is 5.60. The number of amides is 2. The van der Waals surface area contributed by atoms with Gasteiger partial charge in [0.25, 0.3) is 5.91 Å². The Morgan fingerprint density at radius 3 is 2.65 bits per heavy atom. The van der Waals surface area contributed by atoms with E-state index in [2.05, 4.69) is 0 Å². The van der Waals surface area contributed by atoms with Crippen molar-refractivity contribution >= 4 is 12.0 Å². The van der Waals surface area contributed by atoms with Gasteiger partial charge in [0.1, 0.15) is 12.4 Å². The molecule has 1 aromatic heterocycles. The number of cyclic esters (lactones) is 1. The molecular weight excluding hydrogens is 296 g/mol. The van der Waals surface area contributed by atoms with E-state index in [-0.39, 0.29) is 30.3 Å². The summed E-state index contributed by atoms with van der Waals surface area (Å²) in [6, 6.07) is 12.9. The van der Waals surface area contributed by atoms with Gasteiger partial charge < -0.3 is 14.1 Å². The third-order valence-corrected chi connectivity index (χ3v) is 3.76. The molecule has 1 aliphatic heterocycles. The molecule has 0 unspecified atom stereocenters. The molecule has 120 valence electrons. The number of ether oxygens (including phenoxy) is 1. The number of furan rings is 1. The number of rotatable bonds is 4. The van der Waals surface area contributed by atoms with Crippen LogP contribution in [0, 0.1) is 0 Å². The molecule has 0 N–H and O–H groups in total. The molecule has 3 rings (SSSR count). The van der Waals surface area contributed by atoms with Gasteiger partial charge in [0.05, 0.1) is 12.6 Å². The average molecular weight is 314 g/mol. The SMILES string of the molecule is CN(C)C(=O)c1ccc(CN2C(=O)OC[C@@H]2c2ccccc2)o1. The lowest BCUT2D eigenvalue weighted by atomic mass is 10.1. The lowest BCUT2D eigenvalue weighted by Crippen LogP contribution is -2.27. The topological polar surface area (TPSA) is 63.0 Å². The number of benzene rings is 1. The van der Waals surface area contributed by atoms with Crippen LogP contribution in [0.5, 0.6) is 0 Å². The minimum atomic E-state index is -0.379. The zero-order valence-electron chi connectivity index (χ0n) is 13.1. The van der Waals surface area contributed by atoms with E-state index in [0.29, 0.717) is 12.4 Å². The average Bonchev–Trinajstić information content (AvgIpc) is 3.16. The van der Waals surface area contributed by atoms with E-state index in [9.17, 15) is 9.59 Å². The van der Waals surface area contributed by atoms with E-state index in [1.165, 1.54) is 4.90 Å². The molecule has 0 aliphatic carbocycles. The molecular formula is C17H18N2O4. The van der Waals surface area contributed by atoms with Gasteiger partial charge in [-0.3, -0.25) is 9.69 Å². The molecule has 1 aliphatic rings. The van der Waals surface area contributed by atoms with Crippen LogP contribution in [0.15, 0.2) is 46.9 Å². The van der Waals surface area contributed by atoms with Crippen LogP contribution in [-0.4, -0.2) is 42.5 Å². The van der Waals surface area contributed by atoms with Crippen LogP contribution in [-0.2, 0) is 11.3 Å². The molecule has 6 nitrogen and oxygen atoms in total. The van der Waals surface area contributed by atoms with Crippen molar-refractivity contribution in [2.45, 2.75) is 12.6 Å². The molecule has 0 saturated carbocycles. The molecule has 2 amide bonds. The number of carbonyl (C=O) groups excluding carboxylic acids is 2. The zero-order valence-corrected chi connectivity index (χ0v) is 13.1. The summed E-state index contributed by atoms with van der Waals surface area (Å²) in [5, 5.41) is 0. The van der Waals surface area contributed by atoms with Crippen molar-refractivity contribution in [2.24, 2.45) is 0 Å². The monoisotopic (exact) mass is 314 g/mol.